The Labute approximate surface area is 76.3 Å². The van der Waals surface area contributed by atoms with Gasteiger partial charge in [0.25, 0.3) is 0 Å². The van der Waals surface area contributed by atoms with Crippen LogP contribution in [0, 0.1) is 12.7 Å². The second kappa shape index (κ2) is 4.60. The van der Waals surface area contributed by atoms with Crippen molar-refractivity contribution < 1.29 is 13.9 Å². The number of aryl methyl sites for hydroxylation is 1. The molecule has 1 aromatic carbocycles. The van der Waals surface area contributed by atoms with Crippen molar-refractivity contribution in [1.29, 1.82) is 0 Å². The number of benzene rings is 1. The SMILES string of the molecule is Cc1cc(F)ccc1OCCC=O. The summed E-state index contributed by atoms with van der Waals surface area (Å²) in [5.41, 5.74) is 0.742. The van der Waals surface area contributed by atoms with E-state index in [4.69, 9.17) is 4.74 Å². The Hall–Kier alpha value is -1.38. The van der Waals surface area contributed by atoms with Crippen molar-refractivity contribution in [3.63, 3.8) is 0 Å². The molecule has 0 saturated carbocycles. The molecule has 1 rings (SSSR count). The minimum Gasteiger partial charge on any atom is -0.493 e. The first-order chi connectivity index (χ1) is 6.24. The second-order valence-corrected chi connectivity index (χ2v) is 2.71. The molecule has 70 valence electrons. The highest BCUT2D eigenvalue weighted by atomic mass is 19.1. The van der Waals surface area contributed by atoms with Crippen LogP contribution in [0.2, 0.25) is 0 Å². The fourth-order valence-electron chi connectivity index (χ4n) is 0.992. The van der Waals surface area contributed by atoms with E-state index in [9.17, 15) is 9.18 Å². The Morgan fingerprint density at radius 1 is 1.54 bits per heavy atom. The lowest BCUT2D eigenvalue weighted by Crippen LogP contribution is -1.99. The molecule has 0 unspecified atom stereocenters. The van der Waals surface area contributed by atoms with Crippen LogP contribution in [-0.4, -0.2) is 12.9 Å². The molecule has 3 heteroatoms. The van der Waals surface area contributed by atoms with E-state index in [-0.39, 0.29) is 5.82 Å². The van der Waals surface area contributed by atoms with E-state index in [2.05, 4.69) is 0 Å². The Balaban J connectivity index is 2.61. The monoisotopic (exact) mass is 182 g/mol. The van der Waals surface area contributed by atoms with Crippen LogP contribution in [0.25, 0.3) is 0 Å². The first kappa shape index (κ1) is 9.71. The van der Waals surface area contributed by atoms with Gasteiger partial charge in [0.15, 0.2) is 0 Å². The molecule has 0 atom stereocenters. The maximum Gasteiger partial charge on any atom is 0.123 e. The highest BCUT2D eigenvalue weighted by Gasteiger charge is 1.99. The molecular formula is C10H11FO2. The summed E-state index contributed by atoms with van der Waals surface area (Å²) in [6, 6.07) is 4.30. The predicted octanol–water partition coefficient (Wildman–Crippen LogP) is 2.10. The third kappa shape index (κ3) is 2.86. The van der Waals surface area contributed by atoms with Crippen LogP contribution in [-0.2, 0) is 4.79 Å². The fraction of sp³-hybridized carbons (Fsp3) is 0.300. The highest BCUT2D eigenvalue weighted by molar-refractivity contribution is 5.49. The molecule has 0 radical (unpaired) electrons. The maximum atomic E-state index is 12.6. The van der Waals surface area contributed by atoms with E-state index in [1.165, 1.54) is 12.1 Å². The van der Waals surface area contributed by atoms with Crippen LogP contribution >= 0.6 is 0 Å². The van der Waals surface area contributed by atoms with Crippen molar-refractivity contribution in [2.45, 2.75) is 13.3 Å². The van der Waals surface area contributed by atoms with Crippen molar-refractivity contribution in [2.75, 3.05) is 6.61 Å². The molecule has 2 nitrogen and oxygen atoms in total. The molecule has 0 spiro atoms. The van der Waals surface area contributed by atoms with Gasteiger partial charge in [-0.1, -0.05) is 0 Å². The van der Waals surface area contributed by atoms with Crippen LogP contribution < -0.4 is 4.74 Å². The number of hydrogen-bond acceptors (Lipinski definition) is 2. The Morgan fingerprint density at radius 3 is 2.92 bits per heavy atom. The number of rotatable bonds is 4. The topological polar surface area (TPSA) is 26.3 Å². The van der Waals surface area contributed by atoms with Crippen molar-refractivity contribution in [1.82, 2.24) is 0 Å². The molecule has 0 fully saturated rings. The minimum atomic E-state index is -0.278. The van der Waals surface area contributed by atoms with Crippen LogP contribution in [0.3, 0.4) is 0 Å². The summed E-state index contributed by atoms with van der Waals surface area (Å²) in [4.78, 5) is 9.99. The molecule has 0 amide bonds. The van der Waals surface area contributed by atoms with Gasteiger partial charge in [0.1, 0.15) is 17.9 Å². The molecule has 13 heavy (non-hydrogen) atoms. The number of aldehydes is 1. The Kier molecular flexibility index (Phi) is 3.43. The predicted molar refractivity (Wildman–Crippen MR) is 47.3 cm³/mol. The average molecular weight is 182 g/mol. The van der Waals surface area contributed by atoms with Crippen molar-refractivity contribution >= 4 is 6.29 Å². The first-order valence-electron chi connectivity index (χ1n) is 4.06. The first-order valence-corrected chi connectivity index (χ1v) is 4.06. The van der Waals surface area contributed by atoms with Gasteiger partial charge < -0.3 is 9.53 Å². The molecular weight excluding hydrogens is 171 g/mol. The van der Waals surface area contributed by atoms with Gasteiger partial charge in [-0.3, -0.25) is 0 Å². The largest absolute Gasteiger partial charge is 0.493 e. The average Bonchev–Trinajstić information content (AvgIpc) is 2.09. The molecule has 0 saturated heterocycles. The van der Waals surface area contributed by atoms with E-state index in [1.807, 2.05) is 0 Å². The summed E-state index contributed by atoms with van der Waals surface area (Å²) < 4.78 is 17.9. The summed E-state index contributed by atoms with van der Waals surface area (Å²) in [6.07, 6.45) is 1.15. The Bertz CT molecular complexity index is 297. The zero-order valence-corrected chi connectivity index (χ0v) is 7.42. The number of halogens is 1. The van der Waals surface area contributed by atoms with Crippen molar-refractivity contribution in [3.8, 4) is 5.75 Å². The van der Waals surface area contributed by atoms with Gasteiger partial charge in [-0.25, -0.2) is 4.39 Å². The zero-order valence-electron chi connectivity index (χ0n) is 7.42. The van der Waals surface area contributed by atoms with Crippen molar-refractivity contribution in [2.24, 2.45) is 0 Å². The fourth-order valence-corrected chi connectivity index (χ4v) is 0.992. The van der Waals surface area contributed by atoms with Gasteiger partial charge in [-0.05, 0) is 30.7 Å². The van der Waals surface area contributed by atoms with Gasteiger partial charge in [0.05, 0.1) is 6.61 Å². The van der Waals surface area contributed by atoms with Gasteiger partial charge >= 0.3 is 0 Å². The van der Waals surface area contributed by atoms with Crippen molar-refractivity contribution in [3.05, 3.63) is 29.6 Å². The lowest BCUT2D eigenvalue weighted by atomic mass is 10.2. The summed E-state index contributed by atoms with van der Waals surface area (Å²) in [5, 5.41) is 0. The molecule has 0 bridgehead atoms. The number of carbonyl (C=O) groups excluding carboxylic acids is 1. The van der Waals surface area contributed by atoms with Gasteiger partial charge in [-0.15, -0.1) is 0 Å². The zero-order chi connectivity index (χ0) is 9.68. The lowest BCUT2D eigenvalue weighted by molar-refractivity contribution is -0.108. The lowest BCUT2D eigenvalue weighted by Gasteiger charge is -2.06. The number of carbonyl (C=O) groups is 1. The molecule has 0 aliphatic heterocycles. The third-order valence-corrected chi connectivity index (χ3v) is 1.63. The molecule has 0 aliphatic carbocycles. The molecule has 0 aliphatic rings. The third-order valence-electron chi connectivity index (χ3n) is 1.63. The van der Waals surface area contributed by atoms with E-state index in [0.717, 1.165) is 11.8 Å². The minimum absolute atomic E-state index is 0.278. The van der Waals surface area contributed by atoms with Crippen LogP contribution in [0.15, 0.2) is 18.2 Å². The highest BCUT2D eigenvalue weighted by Crippen LogP contribution is 2.18. The maximum absolute atomic E-state index is 12.6. The van der Waals surface area contributed by atoms with Crippen LogP contribution in [0.1, 0.15) is 12.0 Å². The standard InChI is InChI=1S/C10H11FO2/c1-8-7-9(11)3-4-10(8)13-6-2-5-12/h3-5,7H,2,6H2,1H3. The smallest absolute Gasteiger partial charge is 0.123 e. The number of hydrogen-bond donors (Lipinski definition) is 0. The van der Waals surface area contributed by atoms with Crippen LogP contribution in [0.5, 0.6) is 5.75 Å². The van der Waals surface area contributed by atoms with Gasteiger partial charge in [0.2, 0.25) is 0 Å². The summed E-state index contributed by atoms with van der Waals surface area (Å²) in [7, 11) is 0. The summed E-state index contributed by atoms with van der Waals surface area (Å²) in [6.45, 7) is 2.11. The van der Waals surface area contributed by atoms with E-state index in [0.29, 0.717) is 18.8 Å². The van der Waals surface area contributed by atoms with E-state index < -0.39 is 0 Å². The molecule has 0 N–H and O–H groups in total. The molecule has 1 aromatic rings. The summed E-state index contributed by atoms with van der Waals surface area (Å²) in [5.74, 6) is 0.350. The molecule has 0 aromatic heterocycles. The summed E-state index contributed by atoms with van der Waals surface area (Å²) >= 11 is 0. The quantitative estimate of drug-likeness (QED) is 0.526. The van der Waals surface area contributed by atoms with E-state index >= 15 is 0 Å². The van der Waals surface area contributed by atoms with Crippen LogP contribution in [0.4, 0.5) is 4.39 Å². The normalized spacial score (nSPS) is 9.69. The van der Waals surface area contributed by atoms with Gasteiger partial charge in [0, 0.05) is 6.42 Å². The second-order valence-electron chi connectivity index (χ2n) is 2.71. The number of ether oxygens (including phenoxy) is 1. The molecule has 0 heterocycles. The van der Waals surface area contributed by atoms with E-state index in [1.54, 1.807) is 13.0 Å². The van der Waals surface area contributed by atoms with Gasteiger partial charge in [-0.2, -0.15) is 0 Å². The Morgan fingerprint density at radius 2 is 2.31 bits per heavy atom.